The summed E-state index contributed by atoms with van der Waals surface area (Å²) < 4.78 is 10.3. The predicted molar refractivity (Wildman–Crippen MR) is 88.6 cm³/mol. The monoisotopic (exact) mass is 323 g/mol. The average molecular weight is 323 g/mol. The van der Waals surface area contributed by atoms with E-state index in [1.807, 2.05) is 43.3 Å². The number of carbonyl (C=O) groups is 1. The second kappa shape index (κ2) is 6.95. The lowest BCUT2D eigenvalue weighted by molar-refractivity contribution is 0.0946. The standard InChI is InChI=1S/C18H17N3O3/c1-12-3-5-14(6-4-12)18(22)19-11-16-20-17(21-24-16)13-7-9-15(23-2)10-8-13/h3-10H,11H2,1-2H3,(H,19,22). The zero-order valence-corrected chi connectivity index (χ0v) is 13.4. The highest BCUT2D eigenvalue weighted by Crippen LogP contribution is 2.19. The van der Waals surface area contributed by atoms with Crippen LogP contribution in [0.5, 0.6) is 5.75 Å². The van der Waals surface area contributed by atoms with Crippen LogP contribution in [-0.2, 0) is 6.54 Å². The summed E-state index contributed by atoms with van der Waals surface area (Å²) in [6, 6.07) is 14.7. The maximum absolute atomic E-state index is 12.1. The van der Waals surface area contributed by atoms with Crippen LogP contribution < -0.4 is 10.1 Å². The molecule has 0 saturated carbocycles. The SMILES string of the molecule is COc1ccc(-c2noc(CNC(=O)c3ccc(C)cc3)n2)cc1. The Morgan fingerprint density at radius 2 is 1.83 bits per heavy atom. The van der Waals surface area contributed by atoms with Crippen molar-refractivity contribution in [2.45, 2.75) is 13.5 Å². The third-order valence-corrected chi connectivity index (χ3v) is 3.53. The number of nitrogens with one attached hydrogen (secondary N) is 1. The zero-order chi connectivity index (χ0) is 16.9. The van der Waals surface area contributed by atoms with Crippen LogP contribution in [-0.4, -0.2) is 23.2 Å². The fourth-order valence-electron chi connectivity index (χ4n) is 2.15. The molecule has 0 spiro atoms. The molecule has 1 aromatic heterocycles. The van der Waals surface area contributed by atoms with E-state index in [4.69, 9.17) is 9.26 Å². The smallest absolute Gasteiger partial charge is 0.251 e. The Bertz CT molecular complexity index is 823. The molecule has 3 aromatic rings. The first-order chi connectivity index (χ1) is 11.7. The summed E-state index contributed by atoms with van der Waals surface area (Å²) in [7, 11) is 1.61. The van der Waals surface area contributed by atoms with E-state index in [0.717, 1.165) is 16.9 Å². The van der Waals surface area contributed by atoms with Gasteiger partial charge in [0.15, 0.2) is 0 Å². The molecule has 1 amide bonds. The first-order valence-corrected chi connectivity index (χ1v) is 7.47. The van der Waals surface area contributed by atoms with Gasteiger partial charge in [-0.15, -0.1) is 0 Å². The molecule has 0 atom stereocenters. The van der Waals surface area contributed by atoms with Gasteiger partial charge in [0.25, 0.3) is 5.91 Å². The van der Waals surface area contributed by atoms with Crippen molar-refractivity contribution in [3.63, 3.8) is 0 Å². The molecule has 0 bridgehead atoms. The Hall–Kier alpha value is -3.15. The lowest BCUT2D eigenvalue weighted by Gasteiger charge is -2.02. The van der Waals surface area contributed by atoms with Crippen molar-refractivity contribution in [3.05, 3.63) is 65.5 Å². The Morgan fingerprint density at radius 1 is 1.12 bits per heavy atom. The molecular weight excluding hydrogens is 306 g/mol. The molecule has 6 heteroatoms. The van der Waals surface area contributed by atoms with Crippen LogP contribution >= 0.6 is 0 Å². The molecule has 3 rings (SSSR count). The largest absolute Gasteiger partial charge is 0.497 e. The van der Waals surface area contributed by atoms with Crippen molar-refractivity contribution in [3.8, 4) is 17.1 Å². The number of hydrogen-bond donors (Lipinski definition) is 1. The highest BCUT2D eigenvalue weighted by Gasteiger charge is 2.11. The maximum Gasteiger partial charge on any atom is 0.251 e. The number of hydrogen-bond acceptors (Lipinski definition) is 5. The van der Waals surface area contributed by atoms with Crippen LogP contribution in [0.4, 0.5) is 0 Å². The van der Waals surface area contributed by atoms with Crippen molar-refractivity contribution in [1.82, 2.24) is 15.5 Å². The molecule has 0 aliphatic carbocycles. The van der Waals surface area contributed by atoms with Gasteiger partial charge in [-0.25, -0.2) is 0 Å². The highest BCUT2D eigenvalue weighted by atomic mass is 16.5. The van der Waals surface area contributed by atoms with E-state index in [1.165, 1.54) is 0 Å². The summed E-state index contributed by atoms with van der Waals surface area (Å²) in [5.41, 5.74) is 2.51. The van der Waals surface area contributed by atoms with E-state index >= 15 is 0 Å². The van der Waals surface area contributed by atoms with E-state index in [0.29, 0.717) is 17.3 Å². The number of aryl methyl sites for hydroxylation is 1. The third-order valence-electron chi connectivity index (χ3n) is 3.53. The number of nitrogens with zero attached hydrogens (tertiary/aromatic N) is 2. The van der Waals surface area contributed by atoms with E-state index in [-0.39, 0.29) is 12.5 Å². The zero-order valence-electron chi connectivity index (χ0n) is 13.4. The normalized spacial score (nSPS) is 10.4. The summed E-state index contributed by atoms with van der Waals surface area (Å²) in [6.45, 7) is 2.15. The summed E-state index contributed by atoms with van der Waals surface area (Å²) in [5, 5.41) is 6.69. The molecule has 6 nitrogen and oxygen atoms in total. The molecule has 1 N–H and O–H groups in total. The van der Waals surface area contributed by atoms with Gasteiger partial charge in [0.05, 0.1) is 13.7 Å². The van der Waals surface area contributed by atoms with Crippen LogP contribution in [0, 0.1) is 6.92 Å². The summed E-state index contributed by atoms with van der Waals surface area (Å²) in [5.74, 6) is 1.39. The average Bonchev–Trinajstić information content (AvgIpc) is 3.09. The Labute approximate surface area is 139 Å². The Morgan fingerprint density at radius 3 is 2.50 bits per heavy atom. The predicted octanol–water partition coefficient (Wildman–Crippen LogP) is 2.98. The highest BCUT2D eigenvalue weighted by molar-refractivity contribution is 5.94. The second-order valence-electron chi connectivity index (χ2n) is 5.29. The van der Waals surface area contributed by atoms with Crippen molar-refractivity contribution in [2.75, 3.05) is 7.11 Å². The number of aromatic nitrogens is 2. The molecule has 0 fully saturated rings. The summed E-state index contributed by atoms with van der Waals surface area (Å²) >= 11 is 0. The van der Waals surface area contributed by atoms with E-state index in [1.54, 1.807) is 19.2 Å². The Kier molecular flexibility index (Phi) is 4.56. The lowest BCUT2D eigenvalue weighted by atomic mass is 10.1. The number of amides is 1. The van der Waals surface area contributed by atoms with Gasteiger partial charge in [-0.1, -0.05) is 22.9 Å². The molecule has 1 heterocycles. The van der Waals surface area contributed by atoms with Crippen LogP contribution in [0.2, 0.25) is 0 Å². The van der Waals surface area contributed by atoms with Gasteiger partial charge in [0.2, 0.25) is 11.7 Å². The molecule has 122 valence electrons. The van der Waals surface area contributed by atoms with Gasteiger partial charge in [-0.05, 0) is 43.3 Å². The fourth-order valence-corrected chi connectivity index (χ4v) is 2.15. The van der Waals surface area contributed by atoms with Gasteiger partial charge >= 0.3 is 0 Å². The van der Waals surface area contributed by atoms with Crippen molar-refractivity contribution in [2.24, 2.45) is 0 Å². The van der Waals surface area contributed by atoms with Gasteiger partial charge in [0.1, 0.15) is 5.75 Å². The maximum atomic E-state index is 12.1. The molecule has 0 aliphatic rings. The number of ether oxygens (including phenoxy) is 1. The molecule has 0 saturated heterocycles. The van der Waals surface area contributed by atoms with Gasteiger partial charge in [-0.2, -0.15) is 4.98 Å². The van der Waals surface area contributed by atoms with Crippen LogP contribution in [0.1, 0.15) is 21.8 Å². The van der Waals surface area contributed by atoms with E-state index in [9.17, 15) is 4.79 Å². The molecule has 0 unspecified atom stereocenters. The quantitative estimate of drug-likeness (QED) is 0.781. The van der Waals surface area contributed by atoms with E-state index in [2.05, 4.69) is 15.5 Å². The lowest BCUT2D eigenvalue weighted by Crippen LogP contribution is -2.22. The minimum absolute atomic E-state index is 0.176. The first kappa shape index (κ1) is 15.7. The van der Waals surface area contributed by atoms with E-state index < -0.39 is 0 Å². The summed E-state index contributed by atoms with van der Waals surface area (Å²) in [4.78, 5) is 16.3. The van der Waals surface area contributed by atoms with Crippen molar-refractivity contribution in [1.29, 1.82) is 0 Å². The molecule has 2 aromatic carbocycles. The van der Waals surface area contributed by atoms with Crippen LogP contribution in [0.15, 0.2) is 53.1 Å². The minimum Gasteiger partial charge on any atom is -0.497 e. The van der Waals surface area contributed by atoms with Gasteiger partial charge < -0.3 is 14.6 Å². The first-order valence-electron chi connectivity index (χ1n) is 7.47. The molecule has 0 aliphatic heterocycles. The number of rotatable bonds is 5. The molecule has 0 radical (unpaired) electrons. The number of carbonyl (C=O) groups excluding carboxylic acids is 1. The van der Waals surface area contributed by atoms with Gasteiger partial charge in [-0.3, -0.25) is 4.79 Å². The minimum atomic E-state index is -0.181. The van der Waals surface area contributed by atoms with Crippen LogP contribution in [0.25, 0.3) is 11.4 Å². The van der Waals surface area contributed by atoms with Crippen LogP contribution in [0.3, 0.4) is 0 Å². The Balaban J connectivity index is 1.63. The number of methoxy groups -OCH3 is 1. The fraction of sp³-hybridized carbons (Fsp3) is 0.167. The molecule has 24 heavy (non-hydrogen) atoms. The van der Waals surface area contributed by atoms with Crippen molar-refractivity contribution < 1.29 is 14.1 Å². The van der Waals surface area contributed by atoms with Gasteiger partial charge in [0, 0.05) is 11.1 Å². The summed E-state index contributed by atoms with van der Waals surface area (Å²) in [6.07, 6.45) is 0. The molecular formula is C18H17N3O3. The third kappa shape index (κ3) is 3.60. The number of benzene rings is 2. The van der Waals surface area contributed by atoms with Crippen molar-refractivity contribution >= 4 is 5.91 Å². The topological polar surface area (TPSA) is 77.3 Å². The second-order valence-corrected chi connectivity index (χ2v) is 5.29.